The number of alkyl halides is 2. The van der Waals surface area contributed by atoms with Crippen LogP contribution in [-0.2, 0) is 11.4 Å². The van der Waals surface area contributed by atoms with Crippen LogP contribution in [0.4, 0.5) is 14.5 Å². The summed E-state index contributed by atoms with van der Waals surface area (Å²) in [7, 11) is 0. The van der Waals surface area contributed by atoms with Gasteiger partial charge in [0.05, 0.1) is 16.4 Å². The Morgan fingerprint density at radius 1 is 1.21 bits per heavy atom. The molecule has 150 valence electrons. The van der Waals surface area contributed by atoms with E-state index in [9.17, 15) is 13.6 Å². The molecule has 1 aromatic heterocycles. The van der Waals surface area contributed by atoms with Crippen molar-refractivity contribution in [1.29, 1.82) is 0 Å². The number of carbonyl (C=O) groups is 1. The molecule has 0 fully saturated rings. The summed E-state index contributed by atoms with van der Waals surface area (Å²) in [6.07, 6.45) is 2.92. The summed E-state index contributed by atoms with van der Waals surface area (Å²) in [5.41, 5.74) is 1.84. The van der Waals surface area contributed by atoms with Gasteiger partial charge in [-0.2, -0.15) is 8.78 Å². The average Bonchev–Trinajstić information content (AvgIpc) is 3.12. The fourth-order valence-corrected chi connectivity index (χ4v) is 3.02. The summed E-state index contributed by atoms with van der Waals surface area (Å²) in [6.45, 7) is -0.637. The monoisotopic (exact) mass is 416 g/mol. The molecule has 3 rings (SSSR count). The molecule has 0 unspecified atom stereocenters. The SMILES string of the molecule is Cc1nc(COc2ccc(/C=C/C(=O)Nc3ccccc3OC(F)F)cc2)cs1. The Morgan fingerprint density at radius 3 is 2.66 bits per heavy atom. The van der Waals surface area contributed by atoms with Gasteiger partial charge < -0.3 is 14.8 Å². The van der Waals surface area contributed by atoms with Gasteiger partial charge in [0.15, 0.2) is 0 Å². The van der Waals surface area contributed by atoms with Crippen molar-refractivity contribution >= 4 is 29.0 Å². The van der Waals surface area contributed by atoms with Crippen molar-refractivity contribution in [2.75, 3.05) is 5.32 Å². The number of carbonyl (C=O) groups excluding carboxylic acids is 1. The van der Waals surface area contributed by atoms with Crippen LogP contribution in [0.25, 0.3) is 6.08 Å². The fourth-order valence-electron chi connectivity index (χ4n) is 2.42. The number of hydrogen-bond acceptors (Lipinski definition) is 5. The zero-order chi connectivity index (χ0) is 20.6. The van der Waals surface area contributed by atoms with E-state index in [1.54, 1.807) is 53.8 Å². The van der Waals surface area contributed by atoms with E-state index in [-0.39, 0.29) is 11.4 Å². The second-order valence-corrected chi connectivity index (χ2v) is 6.98. The summed E-state index contributed by atoms with van der Waals surface area (Å²) in [5, 5.41) is 5.47. The highest BCUT2D eigenvalue weighted by Gasteiger charge is 2.10. The maximum atomic E-state index is 12.4. The predicted octanol–water partition coefficient (Wildman–Crippen LogP) is 5.28. The molecule has 0 aliphatic carbocycles. The highest BCUT2D eigenvalue weighted by Crippen LogP contribution is 2.25. The maximum absolute atomic E-state index is 12.4. The van der Waals surface area contributed by atoms with Crippen molar-refractivity contribution in [2.24, 2.45) is 0 Å². The third kappa shape index (κ3) is 6.39. The lowest BCUT2D eigenvalue weighted by Crippen LogP contribution is -2.11. The summed E-state index contributed by atoms with van der Waals surface area (Å²) in [4.78, 5) is 16.4. The van der Waals surface area contributed by atoms with Crippen molar-refractivity contribution in [3.8, 4) is 11.5 Å². The molecular weight excluding hydrogens is 398 g/mol. The Kier molecular flexibility index (Phi) is 6.91. The normalized spacial score (nSPS) is 11.0. The number of nitrogens with one attached hydrogen (secondary N) is 1. The lowest BCUT2D eigenvalue weighted by molar-refractivity contribution is -0.111. The molecule has 0 saturated carbocycles. The zero-order valence-electron chi connectivity index (χ0n) is 15.5. The minimum absolute atomic E-state index is 0.0962. The molecule has 0 bridgehead atoms. The molecule has 2 aromatic carbocycles. The van der Waals surface area contributed by atoms with E-state index in [1.165, 1.54) is 18.2 Å². The van der Waals surface area contributed by atoms with Crippen LogP contribution in [0.3, 0.4) is 0 Å². The van der Waals surface area contributed by atoms with E-state index in [1.807, 2.05) is 12.3 Å². The van der Waals surface area contributed by atoms with Crippen LogP contribution < -0.4 is 14.8 Å². The smallest absolute Gasteiger partial charge is 0.387 e. The van der Waals surface area contributed by atoms with Crippen LogP contribution in [0.15, 0.2) is 60.0 Å². The van der Waals surface area contributed by atoms with Gasteiger partial charge >= 0.3 is 6.61 Å². The molecule has 1 amide bonds. The van der Waals surface area contributed by atoms with E-state index < -0.39 is 12.5 Å². The topological polar surface area (TPSA) is 60.5 Å². The summed E-state index contributed by atoms with van der Waals surface area (Å²) < 4.78 is 34.9. The molecule has 0 saturated heterocycles. The van der Waals surface area contributed by atoms with E-state index >= 15 is 0 Å². The number of nitrogens with zero attached hydrogens (tertiary/aromatic N) is 1. The van der Waals surface area contributed by atoms with Crippen molar-refractivity contribution in [1.82, 2.24) is 4.98 Å². The average molecular weight is 416 g/mol. The van der Waals surface area contributed by atoms with Crippen molar-refractivity contribution in [3.63, 3.8) is 0 Å². The molecule has 0 spiro atoms. The molecule has 1 N–H and O–H groups in total. The number of rotatable bonds is 8. The van der Waals surface area contributed by atoms with Crippen LogP contribution in [0.2, 0.25) is 0 Å². The Morgan fingerprint density at radius 2 is 1.97 bits per heavy atom. The molecule has 0 aliphatic heterocycles. The van der Waals surface area contributed by atoms with Gasteiger partial charge in [-0.15, -0.1) is 11.3 Å². The molecule has 3 aromatic rings. The summed E-state index contributed by atoms with van der Waals surface area (Å²) in [6, 6.07) is 13.2. The van der Waals surface area contributed by atoms with Gasteiger partial charge in [0.2, 0.25) is 5.91 Å². The van der Waals surface area contributed by atoms with Gasteiger partial charge in [0.25, 0.3) is 0 Å². The number of hydrogen-bond donors (Lipinski definition) is 1. The first-order valence-corrected chi connectivity index (χ1v) is 9.54. The number of halogens is 2. The van der Waals surface area contributed by atoms with Gasteiger partial charge in [0.1, 0.15) is 18.1 Å². The predicted molar refractivity (Wildman–Crippen MR) is 108 cm³/mol. The minimum atomic E-state index is -2.97. The second kappa shape index (κ2) is 9.79. The third-order valence-electron chi connectivity index (χ3n) is 3.72. The van der Waals surface area contributed by atoms with E-state index in [0.717, 1.165) is 16.3 Å². The quantitative estimate of drug-likeness (QED) is 0.507. The van der Waals surface area contributed by atoms with E-state index in [0.29, 0.717) is 12.4 Å². The van der Waals surface area contributed by atoms with Crippen molar-refractivity contribution < 1.29 is 23.0 Å². The molecular formula is C21H18F2N2O3S. The molecule has 5 nitrogen and oxygen atoms in total. The largest absolute Gasteiger partial charge is 0.487 e. The van der Waals surface area contributed by atoms with Gasteiger partial charge in [-0.1, -0.05) is 24.3 Å². The Bertz CT molecular complexity index is 988. The lowest BCUT2D eigenvalue weighted by Gasteiger charge is -2.10. The molecule has 1 heterocycles. The fraction of sp³-hybridized carbons (Fsp3) is 0.143. The number of amides is 1. The van der Waals surface area contributed by atoms with Crippen LogP contribution in [0.5, 0.6) is 11.5 Å². The highest BCUT2D eigenvalue weighted by molar-refractivity contribution is 7.09. The van der Waals surface area contributed by atoms with E-state index in [2.05, 4.69) is 15.0 Å². The summed E-state index contributed by atoms with van der Waals surface area (Å²) >= 11 is 1.57. The lowest BCUT2D eigenvalue weighted by atomic mass is 10.2. The molecule has 8 heteroatoms. The Hall–Kier alpha value is -3.26. The van der Waals surface area contributed by atoms with Gasteiger partial charge in [-0.3, -0.25) is 4.79 Å². The highest BCUT2D eigenvalue weighted by atomic mass is 32.1. The number of anilines is 1. The first-order valence-electron chi connectivity index (χ1n) is 8.66. The summed E-state index contributed by atoms with van der Waals surface area (Å²) in [5.74, 6) is 0.130. The number of ether oxygens (including phenoxy) is 2. The van der Waals surface area contributed by atoms with Gasteiger partial charge in [0, 0.05) is 11.5 Å². The zero-order valence-corrected chi connectivity index (χ0v) is 16.3. The molecule has 0 aliphatic rings. The number of para-hydroxylation sites is 2. The second-order valence-electron chi connectivity index (χ2n) is 5.91. The Balaban J connectivity index is 1.55. The first-order chi connectivity index (χ1) is 14.0. The number of aryl methyl sites for hydroxylation is 1. The van der Waals surface area contributed by atoms with Crippen LogP contribution >= 0.6 is 11.3 Å². The van der Waals surface area contributed by atoms with Gasteiger partial charge in [-0.05, 0) is 42.8 Å². The number of thiazole rings is 1. The van der Waals surface area contributed by atoms with Crippen LogP contribution in [0.1, 0.15) is 16.3 Å². The maximum Gasteiger partial charge on any atom is 0.387 e. The molecule has 0 radical (unpaired) electrons. The first kappa shape index (κ1) is 20.5. The standard InChI is InChI=1S/C21H18F2N2O3S/c1-14-24-16(13-29-14)12-27-17-9-6-15(7-10-17)8-11-20(26)25-18-4-2-3-5-19(18)28-21(22)23/h2-11,13,21H,12H2,1H3,(H,25,26)/b11-8+. The number of benzene rings is 2. The van der Waals surface area contributed by atoms with Crippen molar-refractivity contribution in [2.45, 2.75) is 20.1 Å². The van der Waals surface area contributed by atoms with Gasteiger partial charge in [-0.25, -0.2) is 4.98 Å². The molecule has 29 heavy (non-hydrogen) atoms. The number of aromatic nitrogens is 1. The minimum Gasteiger partial charge on any atom is -0.487 e. The van der Waals surface area contributed by atoms with Crippen LogP contribution in [0, 0.1) is 6.92 Å². The Labute approximate surface area is 170 Å². The third-order valence-corrected chi connectivity index (χ3v) is 4.54. The van der Waals surface area contributed by atoms with E-state index in [4.69, 9.17) is 4.74 Å². The van der Waals surface area contributed by atoms with Crippen molar-refractivity contribution in [3.05, 3.63) is 76.3 Å². The molecule has 0 atom stereocenters. The van der Waals surface area contributed by atoms with Crippen LogP contribution in [-0.4, -0.2) is 17.5 Å².